The summed E-state index contributed by atoms with van der Waals surface area (Å²) in [4.78, 5) is 11.7. The molecule has 7 nitrogen and oxygen atoms in total. The molecule has 2 N–H and O–H groups in total. The van der Waals surface area contributed by atoms with Gasteiger partial charge in [-0.15, -0.1) is 0 Å². The number of alkyl halides is 5. The van der Waals surface area contributed by atoms with Crippen LogP contribution in [0.15, 0.2) is 0 Å². The zero-order chi connectivity index (χ0) is 24.6. The van der Waals surface area contributed by atoms with Gasteiger partial charge in [-0.25, -0.2) is 4.79 Å². The summed E-state index contributed by atoms with van der Waals surface area (Å²) in [6, 6.07) is 0. The van der Waals surface area contributed by atoms with Gasteiger partial charge in [0.15, 0.2) is 6.29 Å². The molecule has 0 saturated carbocycles. The maximum atomic E-state index is 13.5. The predicted octanol–water partition coefficient (Wildman–Crippen LogP) is 3.76. The molecule has 0 aliphatic rings. The lowest BCUT2D eigenvalue weighted by Gasteiger charge is -2.48. The van der Waals surface area contributed by atoms with Crippen LogP contribution in [-0.4, -0.2) is 54.5 Å². The van der Waals surface area contributed by atoms with E-state index in [-0.39, 0.29) is 5.41 Å². The molecule has 0 spiro atoms. The Kier molecular flexibility index (Phi) is 8.52. The number of halogens is 5. The van der Waals surface area contributed by atoms with Gasteiger partial charge in [0.25, 0.3) is 6.10 Å². The van der Waals surface area contributed by atoms with Gasteiger partial charge in [-0.2, -0.15) is 30.4 Å². The summed E-state index contributed by atoms with van der Waals surface area (Å²) in [5.74, 6) is -2.01. The van der Waals surface area contributed by atoms with Gasteiger partial charge in [0, 0.05) is 5.41 Å². The first-order valence-corrected chi connectivity index (χ1v) is 10.2. The molecular weight excluding hydrogens is 443 g/mol. The van der Waals surface area contributed by atoms with Crippen LogP contribution >= 0.6 is 0 Å². The van der Waals surface area contributed by atoms with Crippen molar-refractivity contribution in [2.45, 2.75) is 78.7 Å². The monoisotopic (exact) mass is 472 g/mol. The number of hydrogen-bond donors (Lipinski definition) is 2. The Hall–Kier alpha value is -1.05. The lowest BCUT2D eigenvalue weighted by molar-refractivity contribution is -0.265. The van der Waals surface area contributed by atoms with E-state index in [1.807, 2.05) is 20.8 Å². The van der Waals surface area contributed by atoms with Crippen molar-refractivity contribution < 1.29 is 54.3 Å². The highest BCUT2D eigenvalue weighted by atomic mass is 32.2. The van der Waals surface area contributed by atoms with Crippen molar-refractivity contribution in [3.63, 3.8) is 0 Å². The molecular formula is C17H29F5O7S. The van der Waals surface area contributed by atoms with Gasteiger partial charge >= 0.3 is 27.5 Å². The van der Waals surface area contributed by atoms with Gasteiger partial charge in [0.1, 0.15) is 6.61 Å². The quantitative estimate of drug-likeness (QED) is 0.240. The number of aliphatic hydroxyl groups excluding tert-OH is 1. The third-order valence-corrected chi connectivity index (χ3v) is 5.61. The fraction of sp³-hybridized carbons (Fsp3) is 0.941. The Bertz CT molecular complexity index is 707. The Labute approximate surface area is 172 Å². The van der Waals surface area contributed by atoms with Crippen LogP contribution in [0, 0.1) is 16.2 Å². The molecule has 3 unspecified atom stereocenters. The largest absolute Gasteiger partial charge is 0.443 e. The lowest BCUT2D eigenvalue weighted by Crippen LogP contribution is -2.52. The minimum atomic E-state index is -6.55. The van der Waals surface area contributed by atoms with Crippen molar-refractivity contribution in [3.8, 4) is 0 Å². The number of rotatable bonds is 8. The van der Waals surface area contributed by atoms with E-state index in [4.69, 9.17) is 9.29 Å². The molecule has 0 aliphatic heterocycles. The van der Waals surface area contributed by atoms with Crippen molar-refractivity contribution >= 4 is 16.1 Å². The van der Waals surface area contributed by atoms with Crippen LogP contribution in [0.5, 0.6) is 0 Å². The fourth-order valence-corrected chi connectivity index (χ4v) is 3.23. The first kappa shape index (κ1) is 28.9. The van der Waals surface area contributed by atoms with Crippen LogP contribution in [0.3, 0.4) is 0 Å². The van der Waals surface area contributed by atoms with Crippen molar-refractivity contribution in [1.29, 1.82) is 0 Å². The molecule has 30 heavy (non-hydrogen) atoms. The third-order valence-electron chi connectivity index (χ3n) is 4.71. The van der Waals surface area contributed by atoms with Crippen molar-refractivity contribution in [3.05, 3.63) is 0 Å². The van der Waals surface area contributed by atoms with Crippen molar-refractivity contribution in [2.24, 2.45) is 16.2 Å². The zero-order valence-electron chi connectivity index (χ0n) is 17.8. The van der Waals surface area contributed by atoms with Crippen molar-refractivity contribution in [2.75, 3.05) is 6.61 Å². The summed E-state index contributed by atoms with van der Waals surface area (Å²) in [7, 11) is -6.55. The molecule has 3 atom stereocenters. The molecule has 0 aromatic rings. The smallest absolute Gasteiger partial charge is 0.432 e. The van der Waals surface area contributed by atoms with Gasteiger partial charge in [0.2, 0.25) is 0 Å². The topological polar surface area (TPSA) is 110 Å². The van der Waals surface area contributed by atoms with Gasteiger partial charge < -0.3 is 14.6 Å². The van der Waals surface area contributed by atoms with Crippen LogP contribution < -0.4 is 0 Å². The SMILES string of the molecule is CC(C)(C)CC(C)(C(O)OCC(=O)OC(C(F)(F)F)C(F)(F)S(=O)(=O)O)C(C)(C)C. The van der Waals surface area contributed by atoms with Crippen LogP contribution in [0.1, 0.15) is 54.9 Å². The molecule has 0 amide bonds. The lowest BCUT2D eigenvalue weighted by atomic mass is 9.61. The molecule has 0 radical (unpaired) electrons. The summed E-state index contributed by atoms with van der Waals surface area (Å²) in [5, 5.41) is 4.62. The van der Waals surface area contributed by atoms with Crippen LogP contribution in [0.2, 0.25) is 0 Å². The molecule has 0 fully saturated rings. The highest BCUT2D eigenvalue weighted by Gasteiger charge is 2.66. The second-order valence-electron chi connectivity index (χ2n) is 9.52. The number of hydrogen-bond acceptors (Lipinski definition) is 6. The van der Waals surface area contributed by atoms with E-state index in [0.717, 1.165) is 0 Å². The average molecular weight is 472 g/mol. The minimum absolute atomic E-state index is 0.328. The summed E-state index contributed by atoms with van der Waals surface area (Å²) in [6.07, 6.45) is -11.8. The van der Waals surface area contributed by atoms with Crippen molar-refractivity contribution in [1.82, 2.24) is 0 Å². The summed E-state index contributed by atoms with van der Waals surface area (Å²) < 4.78 is 103. The first-order valence-electron chi connectivity index (χ1n) is 8.77. The molecule has 0 aliphatic carbocycles. The number of ether oxygens (including phenoxy) is 2. The van der Waals surface area contributed by atoms with Gasteiger partial charge in [-0.1, -0.05) is 48.5 Å². The van der Waals surface area contributed by atoms with E-state index >= 15 is 0 Å². The Balaban J connectivity index is 5.52. The highest BCUT2D eigenvalue weighted by molar-refractivity contribution is 7.86. The van der Waals surface area contributed by atoms with E-state index in [0.29, 0.717) is 6.42 Å². The standard InChI is InChI=1S/C17H29F5O7S/c1-13(2,3)9-15(7,14(4,5)6)12(24)28-8-10(23)29-11(16(18,19)20)17(21,22)30(25,26)27/h11-12,24H,8-9H2,1-7H3,(H,25,26,27). The van der Waals surface area contributed by atoms with Crippen LogP contribution in [0.25, 0.3) is 0 Å². The van der Waals surface area contributed by atoms with E-state index in [1.54, 1.807) is 27.7 Å². The van der Waals surface area contributed by atoms with E-state index in [2.05, 4.69) is 4.74 Å². The second-order valence-corrected chi connectivity index (χ2v) is 11.0. The Morgan fingerprint density at radius 3 is 1.70 bits per heavy atom. The predicted molar refractivity (Wildman–Crippen MR) is 96.0 cm³/mol. The molecule has 0 rings (SSSR count). The molecule has 0 heterocycles. The summed E-state index contributed by atoms with van der Waals surface area (Å²) in [5.41, 5.74) is -1.96. The summed E-state index contributed by atoms with van der Waals surface area (Å²) in [6.45, 7) is 11.1. The summed E-state index contributed by atoms with van der Waals surface area (Å²) >= 11 is 0. The Morgan fingerprint density at radius 2 is 1.40 bits per heavy atom. The molecule has 0 bridgehead atoms. The maximum absolute atomic E-state index is 13.5. The zero-order valence-corrected chi connectivity index (χ0v) is 18.6. The maximum Gasteiger partial charge on any atom is 0.432 e. The molecule has 0 aromatic carbocycles. The number of aliphatic hydroxyl groups is 1. The minimum Gasteiger partial charge on any atom is -0.443 e. The Morgan fingerprint density at radius 1 is 0.967 bits per heavy atom. The van der Waals surface area contributed by atoms with Crippen LogP contribution in [0.4, 0.5) is 22.0 Å². The molecule has 13 heteroatoms. The fourth-order valence-electron chi connectivity index (χ4n) is 2.78. The number of carbonyl (C=O) groups excluding carboxylic acids is 1. The third kappa shape index (κ3) is 7.27. The molecule has 0 saturated heterocycles. The molecule has 0 aromatic heterocycles. The van der Waals surface area contributed by atoms with Gasteiger partial charge in [-0.05, 0) is 17.3 Å². The second kappa shape index (κ2) is 8.83. The first-order chi connectivity index (χ1) is 12.9. The number of carbonyl (C=O) groups is 1. The molecule has 180 valence electrons. The van der Waals surface area contributed by atoms with Crippen LogP contribution in [-0.2, 0) is 24.4 Å². The van der Waals surface area contributed by atoms with E-state index in [9.17, 15) is 40.3 Å². The van der Waals surface area contributed by atoms with Gasteiger partial charge in [-0.3, -0.25) is 4.55 Å². The average Bonchev–Trinajstić information content (AvgIpc) is 2.44. The normalized spacial score (nSPS) is 18.5. The number of esters is 1. The van der Waals surface area contributed by atoms with E-state index in [1.165, 1.54) is 0 Å². The van der Waals surface area contributed by atoms with Gasteiger partial charge in [0.05, 0.1) is 0 Å². The highest BCUT2D eigenvalue weighted by Crippen LogP contribution is 2.49. The van der Waals surface area contributed by atoms with E-state index < -0.39 is 57.3 Å².